The maximum Gasteiger partial charge on any atom is 0.317 e. The zero-order valence-corrected chi connectivity index (χ0v) is 16.2. The van der Waals surface area contributed by atoms with E-state index < -0.39 is 0 Å². The summed E-state index contributed by atoms with van der Waals surface area (Å²) in [5.41, 5.74) is 1.92. The van der Waals surface area contributed by atoms with E-state index in [1.165, 1.54) is 19.3 Å². The number of urea groups is 1. The van der Waals surface area contributed by atoms with E-state index in [9.17, 15) is 9.59 Å². The van der Waals surface area contributed by atoms with Gasteiger partial charge in [0.2, 0.25) is 5.91 Å². The molecule has 0 radical (unpaired) electrons. The van der Waals surface area contributed by atoms with Crippen LogP contribution in [0.2, 0.25) is 0 Å². The number of rotatable bonds is 3. The number of amides is 3. The summed E-state index contributed by atoms with van der Waals surface area (Å²) in [5.74, 6) is 0.0727. The third kappa shape index (κ3) is 4.19. The molecule has 26 heavy (non-hydrogen) atoms. The number of aromatic nitrogens is 2. The van der Waals surface area contributed by atoms with Gasteiger partial charge in [-0.3, -0.25) is 9.48 Å². The number of hydrogen-bond donors (Lipinski definition) is 1. The molecule has 1 aliphatic heterocycles. The summed E-state index contributed by atoms with van der Waals surface area (Å²) in [7, 11) is 0. The highest BCUT2D eigenvalue weighted by atomic mass is 16.2. The molecule has 2 heterocycles. The second kappa shape index (κ2) is 8.10. The van der Waals surface area contributed by atoms with E-state index in [1.807, 2.05) is 36.6 Å². The molecule has 2 aliphatic rings. The summed E-state index contributed by atoms with van der Waals surface area (Å²) in [4.78, 5) is 28.9. The molecular formula is C19H31N5O2. The van der Waals surface area contributed by atoms with Crippen LogP contribution < -0.4 is 5.32 Å². The van der Waals surface area contributed by atoms with Crippen LogP contribution in [0.25, 0.3) is 0 Å². The fourth-order valence-electron chi connectivity index (χ4n) is 4.05. The van der Waals surface area contributed by atoms with Crippen LogP contribution in [0.1, 0.15) is 56.5 Å². The number of carbonyl (C=O) groups is 2. The van der Waals surface area contributed by atoms with E-state index in [0.717, 1.165) is 24.2 Å². The number of piperazine rings is 1. The van der Waals surface area contributed by atoms with Gasteiger partial charge in [-0.15, -0.1) is 0 Å². The van der Waals surface area contributed by atoms with Crippen LogP contribution in [0, 0.1) is 13.8 Å². The Kier molecular flexibility index (Phi) is 5.84. The largest absolute Gasteiger partial charge is 0.337 e. The molecule has 1 unspecified atom stereocenters. The van der Waals surface area contributed by atoms with Gasteiger partial charge in [0, 0.05) is 37.9 Å². The summed E-state index contributed by atoms with van der Waals surface area (Å²) in [6.45, 7) is 8.15. The zero-order chi connectivity index (χ0) is 18.7. The van der Waals surface area contributed by atoms with E-state index in [-0.39, 0.29) is 18.0 Å². The lowest BCUT2D eigenvalue weighted by molar-refractivity contribution is -0.136. The maximum absolute atomic E-state index is 12.8. The Balaban J connectivity index is 1.50. The number of carbonyl (C=O) groups excluding carboxylic acids is 2. The summed E-state index contributed by atoms with van der Waals surface area (Å²) in [6, 6.07) is 2.01. The van der Waals surface area contributed by atoms with Crippen LogP contribution in [0.15, 0.2) is 6.07 Å². The minimum atomic E-state index is -0.314. The van der Waals surface area contributed by atoms with Gasteiger partial charge >= 0.3 is 6.03 Å². The van der Waals surface area contributed by atoms with Gasteiger partial charge in [0.25, 0.3) is 0 Å². The standard InChI is InChI=1S/C19H31N5O2/c1-14-13-15(2)24(21-14)16(3)18(25)22-9-11-23(12-10-22)19(26)20-17-7-5-4-6-8-17/h13,16-17H,4-12H2,1-3H3,(H,20,26). The van der Waals surface area contributed by atoms with Crippen molar-refractivity contribution in [3.8, 4) is 0 Å². The molecule has 0 bridgehead atoms. The Bertz CT molecular complexity index is 642. The highest BCUT2D eigenvalue weighted by molar-refractivity contribution is 5.81. The van der Waals surface area contributed by atoms with Crippen LogP contribution in [-0.4, -0.2) is 63.7 Å². The van der Waals surface area contributed by atoms with Crippen molar-refractivity contribution in [1.82, 2.24) is 24.9 Å². The molecule has 0 spiro atoms. The van der Waals surface area contributed by atoms with Crippen LogP contribution in [0.5, 0.6) is 0 Å². The lowest BCUT2D eigenvalue weighted by Gasteiger charge is -2.37. The van der Waals surface area contributed by atoms with Gasteiger partial charge in [-0.25, -0.2) is 4.79 Å². The SMILES string of the molecule is Cc1cc(C)n(C(C)C(=O)N2CCN(C(=O)NC3CCCCC3)CC2)n1. The lowest BCUT2D eigenvalue weighted by Crippen LogP contribution is -2.55. The van der Waals surface area contributed by atoms with Gasteiger partial charge in [-0.1, -0.05) is 19.3 Å². The molecule has 1 saturated heterocycles. The normalized spacial score (nSPS) is 20.1. The summed E-state index contributed by atoms with van der Waals surface area (Å²) < 4.78 is 1.79. The quantitative estimate of drug-likeness (QED) is 0.898. The molecule has 1 aromatic rings. The molecule has 0 aromatic carbocycles. The average molecular weight is 361 g/mol. The smallest absolute Gasteiger partial charge is 0.317 e. The Morgan fingerprint density at radius 2 is 1.69 bits per heavy atom. The van der Waals surface area contributed by atoms with Crippen molar-refractivity contribution in [2.75, 3.05) is 26.2 Å². The number of hydrogen-bond acceptors (Lipinski definition) is 3. The van der Waals surface area contributed by atoms with Gasteiger partial charge < -0.3 is 15.1 Å². The molecule has 1 atom stereocenters. The molecule has 1 aromatic heterocycles. The fraction of sp³-hybridized carbons (Fsp3) is 0.737. The van der Waals surface area contributed by atoms with Crippen molar-refractivity contribution < 1.29 is 9.59 Å². The Morgan fingerprint density at radius 3 is 2.27 bits per heavy atom. The minimum Gasteiger partial charge on any atom is -0.337 e. The van der Waals surface area contributed by atoms with Crippen LogP contribution in [0.3, 0.4) is 0 Å². The first kappa shape index (κ1) is 18.7. The Morgan fingerprint density at radius 1 is 1.08 bits per heavy atom. The highest BCUT2D eigenvalue weighted by Gasteiger charge is 2.29. The first-order valence-electron chi connectivity index (χ1n) is 9.82. The number of aryl methyl sites for hydroxylation is 2. The third-order valence-electron chi connectivity index (χ3n) is 5.58. The molecule has 144 valence electrons. The van der Waals surface area contributed by atoms with E-state index in [1.54, 1.807) is 4.68 Å². The van der Waals surface area contributed by atoms with Crippen molar-refractivity contribution in [1.29, 1.82) is 0 Å². The third-order valence-corrected chi connectivity index (χ3v) is 5.58. The van der Waals surface area contributed by atoms with Crippen molar-refractivity contribution in [3.05, 3.63) is 17.5 Å². The van der Waals surface area contributed by atoms with Crippen molar-refractivity contribution >= 4 is 11.9 Å². The first-order chi connectivity index (χ1) is 12.5. The van der Waals surface area contributed by atoms with Gasteiger partial charge in [-0.05, 0) is 39.7 Å². The summed E-state index contributed by atoms with van der Waals surface area (Å²) in [6.07, 6.45) is 5.87. The average Bonchev–Trinajstić information content (AvgIpc) is 2.99. The van der Waals surface area contributed by atoms with Crippen LogP contribution in [0.4, 0.5) is 4.79 Å². The second-order valence-corrected chi connectivity index (χ2v) is 7.64. The van der Waals surface area contributed by atoms with Crippen LogP contribution >= 0.6 is 0 Å². The summed E-state index contributed by atoms with van der Waals surface area (Å²) >= 11 is 0. The van der Waals surface area contributed by atoms with Crippen molar-refractivity contribution in [2.24, 2.45) is 0 Å². The lowest BCUT2D eigenvalue weighted by atomic mass is 9.96. The summed E-state index contributed by atoms with van der Waals surface area (Å²) in [5, 5.41) is 7.59. The highest BCUT2D eigenvalue weighted by Crippen LogP contribution is 2.18. The Labute approximate surface area is 155 Å². The maximum atomic E-state index is 12.8. The minimum absolute atomic E-state index is 0.0237. The molecule has 1 N–H and O–H groups in total. The number of nitrogens with zero attached hydrogens (tertiary/aromatic N) is 4. The molecule has 3 amide bonds. The second-order valence-electron chi connectivity index (χ2n) is 7.64. The van der Waals surface area contributed by atoms with Crippen LogP contribution in [-0.2, 0) is 4.79 Å². The fourth-order valence-corrected chi connectivity index (χ4v) is 4.05. The molecular weight excluding hydrogens is 330 g/mol. The Hall–Kier alpha value is -2.05. The van der Waals surface area contributed by atoms with E-state index in [4.69, 9.17) is 0 Å². The van der Waals surface area contributed by atoms with E-state index in [2.05, 4.69) is 10.4 Å². The van der Waals surface area contributed by atoms with Gasteiger partial charge in [0.1, 0.15) is 6.04 Å². The van der Waals surface area contributed by atoms with Crippen molar-refractivity contribution in [2.45, 2.75) is 65.0 Å². The topological polar surface area (TPSA) is 70.5 Å². The van der Waals surface area contributed by atoms with E-state index in [0.29, 0.717) is 32.2 Å². The molecule has 3 rings (SSSR count). The monoisotopic (exact) mass is 361 g/mol. The van der Waals surface area contributed by atoms with E-state index >= 15 is 0 Å². The first-order valence-corrected chi connectivity index (χ1v) is 9.82. The molecule has 1 saturated carbocycles. The van der Waals surface area contributed by atoms with Gasteiger partial charge in [0.15, 0.2) is 0 Å². The molecule has 2 fully saturated rings. The van der Waals surface area contributed by atoms with Crippen molar-refractivity contribution in [3.63, 3.8) is 0 Å². The predicted octanol–water partition coefficient (Wildman–Crippen LogP) is 2.25. The number of nitrogens with one attached hydrogen (secondary N) is 1. The van der Waals surface area contributed by atoms with Gasteiger partial charge in [0.05, 0.1) is 5.69 Å². The molecule has 7 heteroatoms. The predicted molar refractivity (Wildman–Crippen MR) is 100.0 cm³/mol. The molecule has 1 aliphatic carbocycles. The zero-order valence-electron chi connectivity index (χ0n) is 16.2. The molecule has 7 nitrogen and oxygen atoms in total. The van der Waals surface area contributed by atoms with Gasteiger partial charge in [-0.2, -0.15) is 5.10 Å².